The van der Waals surface area contributed by atoms with Gasteiger partial charge in [-0.25, -0.2) is 8.42 Å². The molecule has 0 spiro atoms. The monoisotopic (exact) mass is 325 g/mol. The van der Waals surface area contributed by atoms with E-state index >= 15 is 0 Å². The highest BCUT2D eigenvalue weighted by Gasteiger charge is 2.25. The third kappa shape index (κ3) is 4.16. The average Bonchev–Trinajstić information content (AvgIpc) is 2.76. The van der Waals surface area contributed by atoms with Gasteiger partial charge in [-0.05, 0) is 25.5 Å². The maximum absolute atomic E-state index is 12.5. The van der Waals surface area contributed by atoms with Crippen LogP contribution in [0.15, 0.2) is 10.3 Å². The average molecular weight is 326 g/mol. The van der Waals surface area contributed by atoms with E-state index in [4.69, 9.17) is 16.3 Å². The second kappa shape index (κ2) is 7.59. The lowest BCUT2D eigenvalue weighted by Crippen LogP contribution is -2.33. The first-order valence-electron chi connectivity index (χ1n) is 6.20. The first-order chi connectivity index (χ1) is 8.97. The van der Waals surface area contributed by atoms with Gasteiger partial charge in [-0.1, -0.05) is 6.92 Å². The van der Waals surface area contributed by atoms with Gasteiger partial charge in [-0.15, -0.1) is 22.9 Å². The molecule has 0 bridgehead atoms. The summed E-state index contributed by atoms with van der Waals surface area (Å²) in [4.78, 5) is 0.904. The van der Waals surface area contributed by atoms with E-state index in [0.717, 1.165) is 10.4 Å². The molecule has 1 aromatic heterocycles. The fraction of sp³-hybridized carbons (Fsp3) is 0.667. The lowest BCUT2D eigenvalue weighted by atomic mass is 10.3. The molecule has 110 valence electrons. The number of ether oxygens (including phenoxy) is 1. The van der Waals surface area contributed by atoms with E-state index in [1.165, 1.54) is 15.6 Å². The number of nitrogens with zero attached hydrogens (tertiary/aromatic N) is 1. The predicted molar refractivity (Wildman–Crippen MR) is 79.5 cm³/mol. The summed E-state index contributed by atoms with van der Waals surface area (Å²) in [6.07, 6.45) is 0. The van der Waals surface area contributed by atoms with Crippen LogP contribution in [-0.2, 0) is 20.6 Å². The summed E-state index contributed by atoms with van der Waals surface area (Å²) in [5.41, 5.74) is 0.930. The quantitative estimate of drug-likeness (QED) is 0.545. The molecule has 7 heteroatoms. The second-order valence-corrected chi connectivity index (χ2v) is 7.57. The van der Waals surface area contributed by atoms with Crippen LogP contribution in [0.2, 0.25) is 0 Å². The molecular weight excluding hydrogens is 306 g/mol. The molecule has 1 rings (SSSR count). The van der Waals surface area contributed by atoms with Gasteiger partial charge in [0.15, 0.2) is 0 Å². The molecule has 0 aliphatic rings. The topological polar surface area (TPSA) is 46.6 Å². The van der Waals surface area contributed by atoms with Gasteiger partial charge in [0.1, 0.15) is 4.21 Å². The highest BCUT2D eigenvalue weighted by Crippen LogP contribution is 2.29. The molecule has 0 aromatic carbocycles. The normalized spacial score (nSPS) is 12.3. The van der Waals surface area contributed by atoms with E-state index in [9.17, 15) is 8.42 Å². The fourth-order valence-electron chi connectivity index (χ4n) is 1.63. The zero-order valence-electron chi connectivity index (χ0n) is 11.5. The van der Waals surface area contributed by atoms with Crippen LogP contribution in [0.5, 0.6) is 0 Å². The molecule has 0 unspecified atom stereocenters. The van der Waals surface area contributed by atoms with Crippen LogP contribution < -0.4 is 0 Å². The molecule has 1 aromatic rings. The summed E-state index contributed by atoms with van der Waals surface area (Å²) < 4.78 is 32.0. The van der Waals surface area contributed by atoms with Gasteiger partial charge in [0, 0.05) is 24.6 Å². The van der Waals surface area contributed by atoms with Gasteiger partial charge in [0.05, 0.1) is 12.5 Å². The van der Waals surface area contributed by atoms with E-state index in [0.29, 0.717) is 36.4 Å². The maximum atomic E-state index is 12.5. The third-order valence-corrected chi connectivity index (χ3v) is 6.84. The number of thiophene rings is 1. The minimum absolute atomic E-state index is 0.344. The number of sulfonamides is 1. The van der Waals surface area contributed by atoms with Crippen molar-refractivity contribution < 1.29 is 13.2 Å². The molecule has 0 N–H and O–H groups in total. The van der Waals surface area contributed by atoms with Crippen molar-refractivity contribution in [2.45, 2.75) is 30.9 Å². The number of halogens is 1. The molecular formula is C12H20ClNO3S2. The molecule has 19 heavy (non-hydrogen) atoms. The summed E-state index contributed by atoms with van der Waals surface area (Å²) in [6, 6.07) is 1.70. The Kier molecular flexibility index (Phi) is 6.76. The maximum Gasteiger partial charge on any atom is 0.252 e. The molecule has 0 atom stereocenters. The first-order valence-corrected chi connectivity index (χ1v) is 8.99. The highest BCUT2D eigenvalue weighted by molar-refractivity contribution is 7.91. The van der Waals surface area contributed by atoms with E-state index in [-0.39, 0.29) is 0 Å². The Morgan fingerprint density at radius 1 is 1.42 bits per heavy atom. The predicted octanol–water partition coefficient (Wildman–Crippen LogP) is 2.84. The van der Waals surface area contributed by atoms with E-state index in [1.807, 2.05) is 20.8 Å². The zero-order valence-corrected chi connectivity index (χ0v) is 13.9. The Morgan fingerprint density at radius 2 is 2.11 bits per heavy atom. The molecule has 0 amide bonds. The van der Waals surface area contributed by atoms with Gasteiger partial charge >= 0.3 is 0 Å². The Labute approximate surface area is 124 Å². The summed E-state index contributed by atoms with van der Waals surface area (Å²) in [6.45, 7) is 7.40. The second-order valence-electron chi connectivity index (χ2n) is 4.00. The van der Waals surface area contributed by atoms with Crippen molar-refractivity contribution in [2.24, 2.45) is 0 Å². The number of aryl methyl sites for hydroxylation is 1. The molecule has 0 fully saturated rings. The largest absolute Gasteiger partial charge is 0.380 e. The van der Waals surface area contributed by atoms with Crippen molar-refractivity contribution in [1.29, 1.82) is 0 Å². The molecule has 0 saturated carbocycles. The third-order valence-electron chi connectivity index (χ3n) is 2.76. The zero-order chi connectivity index (χ0) is 14.5. The summed E-state index contributed by atoms with van der Waals surface area (Å²) in [7, 11) is -3.43. The lowest BCUT2D eigenvalue weighted by Gasteiger charge is -2.19. The summed E-state index contributed by atoms with van der Waals surface area (Å²) >= 11 is 7.04. The molecule has 0 aliphatic heterocycles. The van der Waals surface area contributed by atoms with Crippen LogP contribution in [0.4, 0.5) is 0 Å². The Balaban J connectivity index is 2.92. The van der Waals surface area contributed by atoms with Crippen LogP contribution in [0, 0.1) is 6.92 Å². The summed E-state index contributed by atoms with van der Waals surface area (Å²) in [5.74, 6) is 0.344. The van der Waals surface area contributed by atoms with Gasteiger partial charge in [-0.3, -0.25) is 0 Å². The van der Waals surface area contributed by atoms with Crippen molar-refractivity contribution >= 4 is 33.0 Å². The minimum atomic E-state index is -3.43. The molecule has 4 nitrogen and oxygen atoms in total. The number of hydrogen-bond acceptors (Lipinski definition) is 4. The molecule has 0 radical (unpaired) electrons. The van der Waals surface area contributed by atoms with Crippen LogP contribution in [0.3, 0.4) is 0 Å². The smallest absolute Gasteiger partial charge is 0.252 e. The fourth-order valence-corrected chi connectivity index (χ4v) is 5.04. The molecule has 0 saturated heterocycles. The van der Waals surface area contributed by atoms with E-state index in [1.54, 1.807) is 6.07 Å². The van der Waals surface area contributed by atoms with Crippen LogP contribution in [-0.4, -0.2) is 39.0 Å². The summed E-state index contributed by atoms with van der Waals surface area (Å²) in [5, 5.41) is 0. The molecule has 0 aliphatic carbocycles. The number of alkyl halides is 1. The van der Waals surface area contributed by atoms with Gasteiger partial charge in [-0.2, -0.15) is 4.31 Å². The van der Waals surface area contributed by atoms with Gasteiger partial charge in [0.25, 0.3) is 10.0 Å². The van der Waals surface area contributed by atoms with Crippen LogP contribution in [0.1, 0.15) is 24.3 Å². The Hall–Kier alpha value is -0.140. The number of hydrogen-bond donors (Lipinski definition) is 0. The van der Waals surface area contributed by atoms with Crippen molar-refractivity contribution in [2.75, 3.05) is 26.3 Å². The van der Waals surface area contributed by atoms with Crippen molar-refractivity contribution in [3.05, 3.63) is 16.5 Å². The van der Waals surface area contributed by atoms with Gasteiger partial charge < -0.3 is 4.74 Å². The van der Waals surface area contributed by atoms with Crippen molar-refractivity contribution in [1.82, 2.24) is 4.31 Å². The van der Waals surface area contributed by atoms with Crippen LogP contribution in [0.25, 0.3) is 0 Å². The lowest BCUT2D eigenvalue weighted by molar-refractivity contribution is 0.135. The standard InChI is InChI=1S/C12H20ClNO3S2/c1-4-14(6-7-17-5-2)19(15,16)12-8-10(3)11(9-13)18-12/h8H,4-7,9H2,1-3H3. The first kappa shape index (κ1) is 16.9. The van der Waals surface area contributed by atoms with Crippen molar-refractivity contribution in [3.8, 4) is 0 Å². The van der Waals surface area contributed by atoms with Crippen molar-refractivity contribution in [3.63, 3.8) is 0 Å². The van der Waals surface area contributed by atoms with Gasteiger partial charge in [0.2, 0.25) is 0 Å². The van der Waals surface area contributed by atoms with E-state index in [2.05, 4.69) is 0 Å². The Bertz CT molecular complexity index is 499. The SMILES string of the molecule is CCOCCN(CC)S(=O)(=O)c1cc(C)c(CCl)s1. The number of likely N-dealkylation sites (N-methyl/N-ethyl adjacent to an activating group) is 1. The van der Waals surface area contributed by atoms with E-state index < -0.39 is 10.0 Å². The molecule has 1 heterocycles. The Morgan fingerprint density at radius 3 is 2.58 bits per heavy atom. The minimum Gasteiger partial charge on any atom is -0.380 e. The van der Waals surface area contributed by atoms with Crippen LogP contribution >= 0.6 is 22.9 Å². The highest BCUT2D eigenvalue weighted by atomic mass is 35.5. The number of rotatable bonds is 8.